The first-order chi connectivity index (χ1) is 11.6. The number of benzene rings is 1. The molecule has 1 aromatic carbocycles. The molecule has 1 aliphatic rings. The van der Waals surface area contributed by atoms with Gasteiger partial charge in [0.2, 0.25) is 0 Å². The third-order valence-electron chi connectivity index (χ3n) is 3.75. The minimum Gasteiger partial charge on any atom is -0.394 e. The summed E-state index contributed by atoms with van der Waals surface area (Å²) in [6.45, 7) is -0.429. The van der Waals surface area contributed by atoms with E-state index in [0.29, 0.717) is 5.69 Å². The normalized spacial score (nSPS) is 25.8. The maximum Gasteiger partial charge on any atom is 0.174 e. The van der Waals surface area contributed by atoms with E-state index in [1.807, 2.05) is 36.4 Å². The highest BCUT2D eigenvalue weighted by molar-refractivity contribution is 5.45. The van der Waals surface area contributed by atoms with E-state index in [-0.39, 0.29) is 11.5 Å². The summed E-state index contributed by atoms with van der Waals surface area (Å²) in [4.78, 5) is 6.94. The SMILES string of the molecule is N#Cc1nc([C@@H]2O[C@H](CO)[C@@H](O)[C@H]2O)[nH]c1C#Cc1ccccc1. The maximum atomic E-state index is 10.0. The molecule has 3 rings (SSSR count). The van der Waals surface area contributed by atoms with Crippen LogP contribution >= 0.6 is 0 Å². The average Bonchev–Trinajstić information content (AvgIpc) is 3.15. The summed E-state index contributed by atoms with van der Waals surface area (Å²) < 4.78 is 5.40. The highest BCUT2D eigenvalue weighted by atomic mass is 16.6. The van der Waals surface area contributed by atoms with Crippen LogP contribution in [0.2, 0.25) is 0 Å². The van der Waals surface area contributed by atoms with Crippen molar-refractivity contribution in [1.82, 2.24) is 9.97 Å². The number of nitrogens with one attached hydrogen (secondary N) is 1. The summed E-state index contributed by atoms with van der Waals surface area (Å²) in [5.41, 5.74) is 1.16. The number of hydrogen-bond donors (Lipinski definition) is 4. The fraction of sp³-hybridized carbons (Fsp3) is 0.294. The Morgan fingerprint density at radius 2 is 1.92 bits per heavy atom. The number of aromatic nitrogens is 2. The highest BCUT2D eigenvalue weighted by Gasteiger charge is 2.44. The zero-order chi connectivity index (χ0) is 17.1. The Kier molecular flexibility index (Phi) is 4.61. The van der Waals surface area contributed by atoms with Gasteiger partial charge in [0, 0.05) is 5.56 Å². The molecule has 1 saturated heterocycles. The molecule has 2 aromatic rings. The molecular formula is C17H15N3O4. The van der Waals surface area contributed by atoms with Gasteiger partial charge in [-0.25, -0.2) is 4.98 Å². The Hall–Kier alpha value is -2.68. The lowest BCUT2D eigenvalue weighted by Gasteiger charge is -2.11. The van der Waals surface area contributed by atoms with E-state index in [1.165, 1.54) is 0 Å². The molecule has 2 heterocycles. The number of nitrogens with zero attached hydrogens (tertiary/aromatic N) is 2. The first-order valence-electron chi connectivity index (χ1n) is 7.33. The molecule has 0 bridgehead atoms. The molecule has 4 atom stereocenters. The van der Waals surface area contributed by atoms with Crippen molar-refractivity contribution in [2.75, 3.05) is 6.61 Å². The summed E-state index contributed by atoms with van der Waals surface area (Å²) in [6.07, 6.45) is -4.35. The van der Waals surface area contributed by atoms with E-state index >= 15 is 0 Å². The molecule has 122 valence electrons. The Morgan fingerprint density at radius 1 is 1.17 bits per heavy atom. The van der Waals surface area contributed by atoms with Gasteiger partial charge in [-0.15, -0.1) is 0 Å². The van der Waals surface area contributed by atoms with E-state index in [4.69, 9.17) is 9.84 Å². The smallest absolute Gasteiger partial charge is 0.174 e. The van der Waals surface area contributed by atoms with E-state index in [9.17, 15) is 15.5 Å². The lowest BCUT2D eigenvalue weighted by atomic mass is 10.1. The van der Waals surface area contributed by atoms with Crippen molar-refractivity contribution < 1.29 is 20.1 Å². The number of H-pyrrole nitrogens is 1. The first-order valence-corrected chi connectivity index (χ1v) is 7.33. The van der Waals surface area contributed by atoms with Crippen molar-refractivity contribution in [3.63, 3.8) is 0 Å². The zero-order valence-corrected chi connectivity index (χ0v) is 12.5. The van der Waals surface area contributed by atoms with E-state index in [2.05, 4.69) is 21.8 Å². The molecule has 24 heavy (non-hydrogen) atoms. The molecule has 0 saturated carbocycles. The van der Waals surface area contributed by atoms with Crippen molar-refractivity contribution in [2.24, 2.45) is 0 Å². The molecule has 7 heteroatoms. The number of aromatic amines is 1. The molecule has 1 aliphatic heterocycles. The van der Waals surface area contributed by atoms with Crippen LogP contribution in [-0.2, 0) is 4.74 Å². The number of ether oxygens (including phenoxy) is 1. The second-order valence-corrected chi connectivity index (χ2v) is 5.33. The van der Waals surface area contributed by atoms with E-state index in [1.54, 1.807) is 0 Å². The quantitative estimate of drug-likeness (QED) is 0.569. The summed E-state index contributed by atoms with van der Waals surface area (Å²) in [7, 11) is 0. The topological polar surface area (TPSA) is 122 Å². The number of nitriles is 1. The molecule has 1 fully saturated rings. The second kappa shape index (κ2) is 6.83. The summed E-state index contributed by atoms with van der Waals surface area (Å²) in [5.74, 6) is 5.94. The monoisotopic (exact) mass is 325 g/mol. The Labute approximate surface area is 138 Å². The number of rotatable bonds is 2. The van der Waals surface area contributed by atoms with E-state index < -0.39 is 31.0 Å². The van der Waals surface area contributed by atoms with Crippen LogP contribution in [0.4, 0.5) is 0 Å². The van der Waals surface area contributed by atoms with Gasteiger partial charge in [-0.3, -0.25) is 0 Å². The van der Waals surface area contributed by atoms with Crippen molar-refractivity contribution >= 4 is 0 Å². The lowest BCUT2D eigenvalue weighted by molar-refractivity contribution is -0.0250. The van der Waals surface area contributed by atoms with Crippen LogP contribution in [0, 0.1) is 23.2 Å². The van der Waals surface area contributed by atoms with Gasteiger partial charge in [0.25, 0.3) is 0 Å². The predicted molar refractivity (Wildman–Crippen MR) is 82.4 cm³/mol. The minimum atomic E-state index is -1.25. The summed E-state index contributed by atoms with van der Waals surface area (Å²) in [5, 5.41) is 38.2. The fourth-order valence-electron chi connectivity index (χ4n) is 2.48. The minimum absolute atomic E-state index is 0.0752. The summed E-state index contributed by atoms with van der Waals surface area (Å²) in [6, 6.07) is 11.2. The van der Waals surface area contributed by atoms with Crippen LogP contribution in [0.5, 0.6) is 0 Å². The molecule has 0 aliphatic carbocycles. The largest absolute Gasteiger partial charge is 0.394 e. The van der Waals surface area contributed by atoms with Gasteiger partial charge in [0.05, 0.1) is 6.61 Å². The third-order valence-corrected chi connectivity index (χ3v) is 3.75. The Bertz CT molecular complexity index is 816. The fourth-order valence-corrected chi connectivity index (χ4v) is 2.48. The molecule has 0 spiro atoms. The molecule has 0 radical (unpaired) electrons. The second-order valence-electron chi connectivity index (χ2n) is 5.33. The van der Waals surface area contributed by atoms with Crippen LogP contribution in [0.1, 0.15) is 28.9 Å². The average molecular weight is 325 g/mol. The van der Waals surface area contributed by atoms with Gasteiger partial charge in [-0.05, 0) is 18.1 Å². The number of aliphatic hydroxyl groups is 3. The number of aliphatic hydroxyl groups excluding tert-OH is 3. The van der Waals surface area contributed by atoms with Crippen LogP contribution in [0.25, 0.3) is 0 Å². The van der Waals surface area contributed by atoms with E-state index in [0.717, 1.165) is 5.56 Å². The Balaban J connectivity index is 1.89. The van der Waals surface area contributed by atoms with Crippen molar-refractivity contribution in [2.45, 2.75) is 24.4 Å². The molecule has 4 N–H and O–H groups in total. The van der Waals surface area contributed by atoms with Gasteiger partial charge in [0.15, 0.2) is 5.69 Å². The van der Waals surface area contributed by atoms with Gasteiger partial charge in [-0.1, -0.05) is 24.1 Å². The highest BCUT2D eigenvalue weighted by Crippen LogP contribution is 2.32. The number of imidazole rings is 1. The summed E-state index contributed by atoms with van der Waals surface area (Å²) >= 11 is 0. The van der Waals surface area contributed by atoms with Gasteiger partial charge < -0.3 is 25.0 Å². The molecule has 0 amide bonds. The molecule has 0 unspecified atom stereocenters. The van der Waals surface area contributed by atoms with Gasteiger partial charge in [0.1, 0.15) is 42.0 Å². The van der Waals surface area contributed by atoms with Crippen LogP contribution in [-0.4, -0.2) is 50.2 Å². The third kappa shape index (κ3) is 3.02. The standard InChI is InChI=1S/C17H15N3O4/c18-8-12-11(7-6-10-4-2-1-3-5-10)19-17(20-12)16-15(23)14(22)13(9-21)24-16/h1-5,13-16,21-23H,9H2,(H,19,20)/t13-,14-,15-,16-/m1/s1. The van der Waals surface area contributed by atoms with Gasteiger partial charge in [-0.2, -0.15) is 5.26 Å². The van der Waals surface area contributed by atoms with Crippen molar-refractivity contribution in [3.05, 3.63) is 53.1 Å². The predicted octanol–water partition coefficient (Wildman–Crippen LogP) is -0.165. The molecular weight excluding hydrogens is 310 g/mol. The lowest BCUT2D eigenvalue weighted by Crippen LogP contribution is -2.32. The van der Waals surface area contributed by atoms with Crippen molar-refractivity contribution in [1.29, 1.82) is 5.26 Å². The van der Waals surface area contributed by atoms with Gasteiger partial charge >= 0.3 is 0 Å². The molecule has 1 aromatic heterocycles. The van der Waals surface area contributed by atoms with Crippen LogP contribution < -0.4 is 0 Å². The first kappa shape index (κ1) is 16.2. The Morgan fingerprint density at radius 3 is 2.54 bits per heavy atom. The molecule has 7 nitrogen and oxygen atoms in total. The van der Waals surface area contributed by atoms with Crippen LogP contribution in [0.3, 0.4) is 0 Å². The van der Waals surface area contributed by atoms with Crippen molar-refractivity contribution in [3.8, 4) is 17.9 Å². The number of hydrogen-bond acceptors (Lipinski definition) is 6. The van der Waals surface area contributed by atoms with Crippen LogP contribution in [0.15, 0.2) is 30.3 Å². The maximum absolute atomic E-state index is 10.0. The zero-order valence-electron chi connectivity index (χ0n) is 12.5.